The van der Waals surface area contributed by atoms with Crippen molar-refractivity contribution in [2.75, 3.05) is 32.8 Å². The molecule has 0 aliphatic heterocycles. The van der Waals surface area contributed by atoms with E-state index < -0.39 is 0 Å². The number of likely N-dealkylation sites (N-methyl/N-ethyl adjacent to an activating group) is 1. The Morgan fingerprint density at radius 1 is 1.00 bits per heavy atom. The number of ether oxygens (including phenoxy) is 2. The summed E-state index contributed by atoms with van der Waals surface area (Å²) >= 11 is 0. The van der Waals surface area contributed by atoms with E-state index >= 15 is 0 Å². The predicted octanol–water partition coefficient (Wildman–Crippen LogP) is -0.747. The van der Waals surface area contributed by atoms with Gasteiger partial charge in [0.15, 0.2) is 0 Å². The van der Waals surface area contributed by atoms with E-state index in [-0.39, 0.29) is 11.9 Å². The van der Waals surface area contributed by atoms with Crippen LogP contribution in [0.5, 0.6) is 0 Å². The summed E-state index contributed by atoms with van der Waals surface area (Å²) in [6.45, 7) is 7.69. The first-order valence-electron chi connectivity index (χ1n) is 5.38. The second kappa shape index (κ2) is 12.9. The molecule has 0 bridgehead atoms. The highest BCUT2D eigenvalue weighted by molar-refractivity contribution is 5.66. The van der Waals surface area contributed by atoms with Gasteiger partial charge in [0.1, 0.15) is 13.2 Å². The first-order chi connectivity index (χ1) is 8.06. The van der Waals surface area contributed by atoms with Gasteiger partial charge in [-0.3, -0.25) is 26.2 Å². The molecule has 7 heteroatoms. The molecule has 0 saturated carbocycles. The highest BCUT2D eigenvalue weighted by atomic mass is 16.5. The Bertz CT molecular complexity index is 192. The molecule has 0 aromatic carbocycles. The van der Waals surface area contributed by atoms with E-state index in [1.54, 1.807) is 0 Å². The molecule has 102 valence electrons. The van der Waals surface area contributed by atoms with Crippen molar-refractivity contribution in [2.24, 2.45) is 11.7 Å². The van der Waals surface area contributed by atoms with Gasteiger partial charge in [0.05, 0.1) is 0 Å². The molecule has 0 unspecified atom stereocenters. The van der Waals surface area contributed by atoms with Crippen molar-refractivity contribution in [1.82, 2.24) is 4.90 Å². The summed E-state index contributed by atoms with van der Waals surface area (Å²) in [4.78, 5) is 23.1. The molecule has 0 rings (SSSR count). The van der Waals surface area contributed by atoms with E-state index in [0.29, 0.717) is 26.3 Å². The van der Waals surface area contributed by atoms with E-state index in [1.807, 2.05) is 11.8 Å². The number of nitrogens with two attached hydrogens (primary N) is 2. The second-order valence-corrected chi connectivity index (χ2v) is 3.11. The Labute approximate surface area is 102 Å². The molecular weight excluding hydrogens is 226 g/mol. The molecule has 4 N–H and O–H groups in total. The summed E-state index contributed by atoms with van der Waals surface area (Å²) in [5, 5.41) is 0. The number of esters is 2. The van der Waals surface area contributed by atoms with Gasteiger partial charge in [0.25, 0.3) is 0 Å². The highest BCUT2D eigenvalue weighted by Gasteiger charge is 2.03. The summed E-state index contributed by atoms with van der Waals surface area (Å²) in [5.41, 5.74) is 0. The smallest absolute Gasteiger partial charge is 0.302 e. The molecular formula is C10H23N3O4. The third kappa shape index (κ3) is 14.8. The van der Waals surface area contributed by atoms with Crippen LogP contribution >= 0.6 is 0 Å². The number of hydrogen-bond acceptors (Lipinski definition) is 7. The Kier molecular flexibility index (Phi) is 13.8. The van der Waals surface area contributed by atoms with Crippen molar-refractivity contribution in [1.29, 1.82) is 0 Å². The number of rotatable bonds is 7. The maximum absolute atomic E-state index is 10.5. The van der Waals surface area contributed by atoms with Crippen molar-refractivity contribution in [3.05, 3.63) is 0 Å². The number of carbonyl (C=O) groups excluding carboxylic acids is 2. The third-order valence-corrected chi connectivity index (χ3v) is 1.87. The zero-order valence-electron chi connectivity index (χ0n) is 10.8. The Hall–Kier alpha value is -1.18. The molecule has 0 amide bonds. The average Bonchev–Trinajstić information content (AvgIpc) is 2.29. The standard InChI is InChI=1S/C10H19NO4.H4N2/c1-4-11(5-7-14-9(2)12)6-8-15-10(3)13;1-2/h4-8H2,1-3H3;1-2H2. The predicted molar refractivity (Wildman–Crippen MR) is 63.8 cm³/mol. The van der Waals surface area contributed by atoms with E-state index in [2.05, 4.69) is 11.7 Å². The lowest BCUT2D eigenvalue weighted by atomic mass is 10.5. The lowest BCUT2D eigenvalue weighted by Gasteiger charge is -2.19. The molecule has 0 aromatic rings. The van der Waals surface area contributed by atoms with E-state index in [0.717, 1.165) is 6.54 Å². The Morgan fingerprint density at radius 2 is 1.35 bits per heavy atom. The molecule has 0 spiro atoms. The van der Waals surface area contributed by atoms with Crippen LogP contribution < -0.4 is 11.7 Å². The number of hydrazine groups is 1. The summed E-state index contributed by atoms with van der Waals surface area (Å²) in [6.07, 6.45) is 0. The van der Waals surface area contributed by atoms with Gasteiger partial charge in [-0.05, 0) is 6.54 Å². The summed E-state index contributed by atoms with van der Waals surface area (Å²) in [5.74, 6) is 7.46. The normalized spacial score (nSPS) is 9.29. The lowest BCUT2D eigenvalue weighted by molar-refractivity contribution is -0.141. The molecule has 0 atom stereocenters. The lowest BCUT2D eigenvalue weighted by Crippen LogP contribution is -2.31. The van der Waals surface area contributed by atoms with Gasteiger partial charge in [-0.2, -0.15) is 0 Å². The molecule has 0 fully saturated rings. The van der Waals surface area contributed by atoms with Gasteiger partial charge in [-0.1, -0.05) is 6.92 Å². The summed E-state index contributed by atoms with van der Waals surface area (Å²) < 4.78 is 9.63. The molecule has 0 heterocycles. The fraction of sp³-hybridized carbons (Fsp3) is 0.800. The minimum Gasteiger partial charge on any atom is -0.465 e. The third-order valence-electron chi connectivity index (χ3n) is 1.87. The fourth-order valence-corrected chi connectivity index (χ4v) is 1.06. The van der Waals surface area contributed by atoms with E-state index in [1.165, 1.54) is 13.8 Å². The van der Waals surface area contributed by atoms with Crippen molar-refractivity contribution >= 4 is 11.9 Å². The van der Waals surface area contributed by atoms with Gasteiger partial charge in [0.2, 0.25) is 0 Å². The molecule has 0 aromatic heterocycles. The molecule has 0 aliphatic carbocycles. The highest BCUT2D eigenvalue weighted by Crippen LogP contribution is 1.89. The maximum Gasteiger partial charge on any atom is 0.302 e. The van der Waals surface area contributed by atoms with Gasteiger partial charge < -0.3 is 9.47 Å². The summed E-state index contributed by atoms with van der Waals surface area (Å²) in [6, 6.07) is 0. The SMILES string of the molecule is CCN(CCOC(C)=O)CCOC(C)=O.NN. The topological polar surface area (TPSA) is 108 Å². The van der Waals surface area contributed by atoms with Crippen LogP contribution in [0.25, 0.3) is 0 Å². The average molecular weight is 249 g/mol. The van der Waals surface area contributed by atoms with Crippen molar-refractivity contribution < 1.29 is 19.1 Å². The van der Waals surface area contributed by atoms with Crippen LogP contribution in [0.15, 0.2) is 0 Å². The fourth-order valence-electron chi connectivity index (χ4n) is 1.06. The quantitative estimate of drug-likeness (QED) is 0.347. The minimum absolute atomic E-state index is 0.272. The molecule has 0 saturated heterocycles. The first kappa shape index (κ1) is 18.2. The van der Waals surface area contributed by atoms with Gasteiger partial charge >= 0.3 is 11.9 Å². The molecule has 0 aliphatic rings. The van der Waals surface area contributed by atoms with Crippen LogP contribution in [0.2, 0.25) is 0 Å². The van der Waals surface area contributed by atoms with E-state index in [4.69, 9.17) is 9.47 Å². The Morgan fingerprint density at radius 3 is 1.59 bits per heavy atom. The number of hydrogen-bond donors (Lipinski definition) is 2. The summed E-state index contributed by atoms with van der Waals surface area (Å²) in [7, 11) is 0. The van der Waals surface area contributed by atoms with Crippen LogP contribution in [0.1, 0.15) is 20.8 Å². The monoisotopic (exact) mass is 249 g/mol. The zero-order valence-corrected chi connectivity index (χ0v) is 10.8. The van der Waals surface area contributed by atoms with Crippen molar-refractivity contribution in [3.63, 3.8) is 0 Å². The van der Waals surface area contributed by atoms with Crippen molar-refractivity contribution in [2.45, 2.75) is 20.8 Å². The van der Waals surface area contributed by atoms with Crippen molar-refractivity contribution in [3.8, 4) is 0 Å². The van der Waals surface area contributed by atoms with Crippen LogP contribution in [0.3, 0.4) is 0 Å². The van der Waals surface area contributed by atoms with Gasteiger partial charge in [-0.25, -0.2) is 0 Å². The number of nitrogens with zero attached hydrogens (tertiary/aromatic N) is 1. The first-order valence-corrected chi connectivity index (χ1v) is 5.38. The molecule has 17 heavy (non-hydrogen) atoms. The van der Waals surface area contributed by atoms with Crippen LogP contribution in [0, 0.1) is 0 Å². The van der Waals surface area contributed by atoms with Crippen LogP contribution in [-0.4, -0.2) is 49.7 Å². The van der Waals surface area contributed by atoms with Gasteiger partial charge in [0, 0.05) is 26.9 Å². The molecule has 7 nitrogen and oxygen atoms in total. The zero-order chi connectivity index (χ0) is 13.7. The largest absolute Gasteiger partial charge is 0.465 e. The van der Waals surface area contributed by atoms with Crippen LogP contribution in [0.4, 0.5) is 0 Å². The van der Waals surface area contributed by atoms with Gasteiger partial charge in [-0.15, -0.1) is 0 Å². The number of carbonyl (C=O) groups is 2. The second-order valence-electron chi connectivity index (χ2n) is 3.11. The van der Waals surface area contributed by atoms with Crippen LogP contribution in [-0.2, 0) is 19.1 Å². The van der Waals surface area contributed by atoms with E-state index in [9.17, 15) is 9.59 Å². The maximum atomic E-state index is 10.5. The molecule has 0 radical (unpaired) electrons. The minimum atomic E-state index is -0.272. The Balaban J connectivity index is 0.